The lowest BCUT2D eigenvalue weighted by atomic mass is 10.3. The third-order valence-corrected chi connectivity index (χ3v) is 3.79. The SMILES string of the molecule is O=[N+]([O-])c1ccc(-c2nnc(NC(=S)Nc3ccc(F)cc3)s2)o1. The van der Waals surface area contributed by atoms with E-state index in [1.165, 1.54) is 36.4 Å². The van der Waals surface area contributed by atoms with Gasteiger partial charge in [0.25, 0.3) is 0 Å². The molecule has 24 heavy (non-hydrogen) atoms. The van der Waals surface area contributed by atoms with Gasteiger partial charge in [0.2, 0.25) is 5.13 Å². The Hall–Kier alpha value is -2.92. The van der Waals surface area contributed by atoms with Gasteiger partial charge >= 0.3 is 5.88 Å². The minimum absolute atomic E-state index is 0.240. The van der Waals surface area contributed by atoms with E-state index >= 15 is 0 Å². The molecule has 0 spiro atoms. The van der Waals surface area contributed by atoms with Gasteiger partial charge < -0.3 is 15.1 Å². The summed E-state index contributed by atoms with van der Waals surface area (Å²) in [6, 6.07) is 8.37. The van der Waals surface area contributed by atoms with Gasteiger partial charge in [-0.15, -0.1) is 10.2 Å². The van der Waals surface area contributed by atoms with Crippen LogP contribution in [0.4, 0.5) is 21.1 Å². The van der Waals surface area contributed by atoms with Gasteiger partial charge in [-0.05, 0) is 42.5 Å². The molecule has 0 amide bonds. The van der Waals surface area contributed by atoms with E-state index in [2.05, 4.69) is 20.8 Å². The van der Waals surface area contributed by atoms with E-state index in [1.807, 2.05) is 0 Å². The fourth-order valence-electron chi connectivity index (χ4n) is 1.71. The Morgan fingerprint density at radius 3 is 2.62 bits per heavy atom. The van der Waals surface area contributed by atoms with Gasteiger partial charge in [-0.3, -0.25) is 10.1 Å². The van der Waals surface area contributed by atoms with Gasteiger partial charge in [0.05, 0.1) is 6.07 Å². The Morgan fingerprint density at radius 1 is 1.21 bits per heavy atom. The van der Waals surface area contributed by atoms with Crippen LogP contribution in [0.3, 0.4) is 0 Å². The topological polar surface area (TPSA) is 106 Å². The van der Waals surface area contributed by atoms with Crippen molar-refractivity contribution in [1.29, 1.82) is 0 Å². The highest BCUT2D eigenvalue weighted by molar-refractivity contribution is 7.80. The van der Waals surface area contributed by atoms with E-state index in [4.69, 9.17) is 16.6 Å². The molecule has 0 aliphatic rings. The maximum Gasteiger partial charge on any atom is 0.433 e. The molecule has 2 aromatic heterocycles. The van der Waals surface area contributed by atoms with Gasteiger partial charge in [0, 0.05) is 5.69 Å². The monoisotopic (exact) mass is 365 g/mol. The molecule has 11 heteroatoms. The predicted octanol–water partition coefficient (Wildman–Crippen LogP) is 3.65. The van der Waals surface area contributed by atoms with Gasteiger partial charge in [-0.25, -0.2) is 4.39 Å². The molecule has 0 saturated carbocycles. The van der Waals surface area contributed by atoms with Crippen molar-refractivity contribution in [3.8, 4) is 10.8 Å². The van der Waals surface area contributed by atoms with Crippen molar-refractivity contribution < 1.29 is 13.7 Å². The number of thiocarbonyl (C=S) groups is 1. The van der Waals surface area contributed by atoms with Crippen LogP contribution in [-0.2, 0) is 0 Å². The highest BCUT2D eigenvalue weighted by atomic mass is 32.1. The van der Waals surface area contributed by atoms with Crippen LogP contribution < -0.4 is 10.6 Å². The molecule has 0 radical (unpaired) electrons. The first-order valence-corrected chi connectivity index (χ1v) is 7.65. The third kappa shape index (κ3) is 3.70. The highest BCUT2D eigenvalue weighted by Crippen LogP contribution is 2.30. The number of furan rings is 1. The van der Waals surface area contributed by atoms with Crippen LogP contribution in [0.2, 0.25) is 0 Å². The quantitative estimate of drug-likeness (QED) is 0.410. The van der Waals surface area contributed by atoms with Crippen LogP contribution in [0.25, 0.3) is 10.8 Å². The molecule has 0 fully saturated rings. The lowest BCUT2D eigenvalue weighted by Crippen LogP contribution is -2.18. The average Bonchev–Trinajstić information content (AvgIpc) is 3.18. The molecule has 0 aliphatic heterocycles. The summed E-state index contributed by atoms with van der Waals surface area (Å²) in [7, 11) is 0. The zero-order valence-corrected chi connectivity index (χ0v) is 13.4. The van der Waals surface area contributed by atoms with Crippen molar-refractivity contribution in [3.63, 3.8) is 0 Å². The largest absolute Gasteiger partial charge is 0.433 e. The van der Waals surface area contributed by atoms with Crippen molar-refractivity contribution in [2.45, 2.75) is 0 Å². The van der Waals surface area contributed by atoms with E-state index in [0.717, 1.165) is 11.3 Å². The maximum atomic E-state index is 12.8. The Bertz CT molecular complexity index is 893. The van der Waals surface area contributed by atoms with Gasteiger partial charge in [-0.1, -0.05) is 11.3 Å². The first-order chi connectivity index (χ1) is 11.5. The summed E-state index contributed by atoms with van der Waals surface area (Å²) in [4.78, 5) is 9.98. The van der Waals surface area contributed by atoms with Crippen LogP contribution in [-0.4, -0.2) is 20.2 Å². The van der Waals surface area contributed by atoms with Crippen molar-refractivity contribution in [1.82, 2.24) is 10.2 Å². The first kappa shape index (κ1) is 16.0. The van der Waals surface area contributed by atoms with Crippen LogP contribution >= 0.6 is 23.6 Å². The Kier molecular flexibility index (Phi) is 4.44. The molecule has 0 bridgehead atoms. The van der Waals surface area contributed by atoms with Gasteiger partial charge in [0.1, 0.15) is 10.7 Å². The molecule has 2 N–H and O–H groups in total. The summed E-state index contributed by atoms with van der Waals surface area (Å²) < 4.78 is 17.9. The fraction of sp³-hybridized carbons (Fsp3) is 0. The number of hydrogen-bond acceptors (Lipinski definition) is 7. The van der Waals surface area contributed by atoms with Crippen LogP contribution in [0.15, 0.2) is 40.8 Å². The molecule has 0 saturated heterocycles. The molecule has 1 aromatic carbocycles. The lowest BCUT2D eigenvalue weighted by molar-refractivity contribution is -0.401. The molecule has 3 aromatic rings. The number of nitrogens with one attached hydrogen (secondary N) is 2. The molecule has 8 nitrogen and oxygen atoms in total. The summed E-state index contributed by atoms with van der Waals surface area (Å²) >= 11 is 6.24. The highest BCUT2D eigenvalue weighted by Gasteiger charge is 2.16. The summed E-state index contributed by atoms with van der Waals surface area (Å²) in [5.41, 5.74) is 0.611. The van der Waals surface area contributed by atoms with Crippen molar-refractivity contribution in [3.05, 3.63) is 52.3 Å². The van der Waals surface area contributed by atoms with Crippen molar-refractivity contribution in [2.24, 2.45) is 0 Å². The van der Waals surface area contributed by atoms with Crippen molar-refractivity contribution >= 4 is 45.4 Å². The lowest BCUT2D eigenvalue weighted by Gasteiger charge is -2.07. The molecule has 122 valence electrons. The van der Waals surface area contributed by atoms with Gasteiger partial charge in [0.15, 0.2) is 15.9 Å². The maximum absolute atomic E-state index is 12.8. The number of halogens is 1. The van der Waals surface area contributed by atoms with E-state index in [1.54, 1.807) is 0 Å². The summed E-state index contributed by atoms with van der Waals surface area (Å²) in [5, 5.41) is 25.1. The first-order valence-electron chi connectivity index (χ1n) is 6.43. The number of nitro groups is 1. The molecule has 0 unspecified atom stereocenters. The van der Waals surface area contributed by atoms with E-state index in [9.17, 15) is 14.5 Å². The molecule has 0 aliphatic carbocycles. The standard InChI is InChI=1S/C13H8FN5O3S2/c14-7-1-3-8(4-2-7)15-12(23)16-13-18-17-11(24-13)9-5-6-10(22-9)19(20)21/h1-6H,(H2,15,16,18,23). The smallest absolute Gasteiger partial charge is 0.398 e. The van der Waals surface area contributed by atoms with Crippen LogP contribution in [0, 0.1) is 15.9 Å². The second kappa shape index (κ2) is 6.68. The Labute approximate surface area is 143 Å². The number of anilines is 2. The Balaban J connectivity index is 1.65. The molecular weight excluding hydrogens is 357 g/mol. The molecular formula is C13H8FN5O3S2. The number of aromatic nitrogens is 2. The zero-order valence-electron chi connectivity index (χ0n) is 11.7. The Morgan fingerprint density at radius 2 is 1.96 bits per heavy atom. The summed E-state index contributed by atoms with van der Waals surface area (Å²) in [6.45, 7) is 0. The minimum atomic E-state index is -0.633. The number of rotatable bonds is 4. The third-order valence-electron chi connectivity index (χ3n) is 2.73. The van der Waals surface area contributed by atoms with Gasteiger partial charge in [-0.2, -0.15) is 0 Å². The van der Waals surface area contributed by atoms with E-state index in [0.29, 0.717) is 15.8 Å². The zero-order chi connectivity index (χ0) is 17.1. The van der Waals surface area contributed by atoms with Crippen LogP contribution in [0.1, 0.15) is 0 Å². The fourth-order valence-corrected chi connectivity index (χ4v) is 2.70. The number of benzene rings is 1. The molecule has 0 atom stereocenters. The summed E-state index contributed by atoms with van der Waals surface area (Å²) in [5.74, 6) is -0.478. The average molecular weight is 365 g/mol. The number of hydrogen-bond donors (Lipinski definition) is 2. The normalized spacial score (nSPS) is 10.4. The molecule has 3 rings (SSSR count). The van der Waals surface area contributed by atoms with E-state index < -0.39 is 4.92 Å². The van der Waals surface area contributed by atoms with Crippen LogP contribution in [0.5, 0.6) is 0 Å². The van der Waals surface area contributed by atoms with Crippen molar-refractivity contribution in [2.75, 3.05) is 10.6 Å². The second-order valence-corrected chi connectivity index (χ2v) is 5.78. The second-order valence-electron chi connectivity index (χ2n) is 4.39. The predicted molar refractivity (Wildman–Crippen MR) is 90.5 cm³/mol. The summed E-state index contributed by atoms with van der Waals surface area (Å²) in [6.07, 6.45) is 0. The molecule has 2 heterocycles. The minimum Gasteiger partial charge on any atom is -0.398 e. The van der Waals surface area contributed by atoms with E-state index in [-0.39, 0.29) is 22.6 Å². The number of nitrogens with zero attached hydrogens (tertiary/aromatic N) is 3.